The zero-order valence-corrected chi connectivity index (χ0v) is 20.6. The minimum absolute atomic E-state index is 0.167. The van der Waals surface area contributed by atoms with E-state index in [1.165, 1.54) is 24.4 Å². The first-order valence-electron chi connectivity index (χ1n) is 11.1. The molecule has 190 valence electrons. The molecule has 1 amide bonds. The summed E-state index contributed by atoms with van der Waals surface area (Å²) >= 11 is 1.33. The van der Waals surface area contributed by atoms with Crippen LogP contribution in [0.1, 0.15) is 18.1 Å². The van der Waals surface area contributed by atoms with Crippen LogP contribution in [0.4, 0.5) is 17.1 Å². The molecule has 3 aromatic carbocycles. The van der Waals surface area contributed by atoms with E-state index >= 15 is 0 Å². The summed E-state index contributed by atoms with van der Waals surface area (Å²) in [5.74, 6) is 0.0244. The van der Waals surface area contributed by atoms with E-state index in [2.05, 4.69) is 17.6 Å². The SMILES string of the molecule is CCc1ccc(N[C@H]2NC(=O)/C(=C/c3ccc(Oc4ccc([N+](=O)[O-])cc4[N+](=O)[O-])c(OC)c3)S2)cc1. The molecule has 12 heteroatoms. The van der Waals surface area contributed by atoms with Crippen LogP contribution in [0.25, 0.3) is 6.08 Å². The largest absolute Gasteiger partial charge is 0.493 e. The molecule has 1 heterocycles. The van der Waals surface area contributed by atoms with Crippen LogP contribution in [0.5, 0.6) is 17.2 Å². The highest BCUT2D eigenvalue weighted by Crippen LogP contribution is 2.39. The van der Waals surface area contributed by atoms with Crippen molar-refractivity contribution >= 4 is 40.8 Å². The van der Waals surface area contributed by atoms with Crippen LogP contribution in [-0.4, -0.2) is 28.4 Å². The Labute approximate surface area is 215 Å². The molecule has 0 spiro atoms. The molecule has 0 aromatic heterocycles. The number of methoxy groups -OCH3 is 1. The maximum atomic E-state index is 12.5. The Balaban J connectivity index is 1.51. The van der Waals surface area contributed by atoms with Gasteiger partial charge in [0.15, 0.2) is 17.0 Å². The standard InChI is InChI=1S/C25H22N4O7S/c1-3-15-4-7-17(8-5-15)26-25-27-24(30)23(37-25)13-16-6-10-21(22(12-16)35-2)36-20-11-9-18(28(31)32)14-19(20)29(33)34/h4-14,25-26H,3H2,1-2H3,(H,27,30)/b23-13-/t25-/m0/s1. The first-order chi connectivity index (χ1) is 17.8. The number of aryl methyl sites for hydroxylation is 1. The number of rotatable bonds is 9. The van der Waals surface area contributed by atoms with Gasteiger partial charge in [0.1, 0.15) is 0 Å². The second kappa shape index (κ2) is 11.0. The number of hydrogen-bond acceptors (Lipinski definition) is 9. The van der Waals surface area contributed by atoms with Gasteiger partial charge in [-0.3, -0.25) is 25.0 Å². The van der Waals surface area contributed by atoms with Gasteiger partial charge in [-0.05, 0) is 54.0 Å². The molecular weight excluding hydrogens is 500 g/mol. The number of nitrogens with one attached hydrogen (secondary N) is 2. The number of carbonyl (C=O) groups is 1. The van der Waals surface area contributed by atoms with Crippen LogP contribution >= 0.6 is 11.8 Å². The molecule has 1 atom stereocenters. The predicted octanol–water partition coefficient (Wildman–Crippen LogP) is 5.47. The summed E-state index contributed by atoms with van der Waals surface area (Å²) in [6.07, 6.45) is 2.64. The van der Waals surface area contributed by atoms with Crippen molar-refractivity contribution < 1.29 is 24.1 Å². The Morgan fingerprint density at radius 3 is 2.38 bits per heavy atom. The second-order valence-corrected chi connectivity index (χ2v) is 9.00. The molecule has 2 N–H and O–H groups in total. The molecule has 1 aliphatic heterocycles. The number of nitro benzene ring substituents is 2. The monoisotopic (exact) mass is 522 g/mol. The minimum Gasteiger partial charge on any atom is -0.493 e. The number of nitro groups is 2. The van der Waals surface area contributed by atoms with Gasteiger partial charge in [0.2, 0.25) is 5.75 Å². The summed E-state index contributed by atoms with van der Waals surface area (Å²) in [4.78, 5) is 33.9. The third-order valence-electron chi connectivity index (χ3n) is 5.45. The van der Waals surface area contributed by atoms with E-state index in [1.807, 2.05) is 24.3 Å². The van der Waals surface area contributed by atoms with Gasteiger partial charge in [-0.2, -0.15) is 0 Å². The summed E-state index contributed by atoms with van der Waals surface area (Å²) in [5.41, 5.74) is 1.44. The summed E-state index contributed by atoms with van der Waals surface area (Å²) in [6.45, 7) is 2.08. The highest BCUT2D eigenvalue weighted by atomic mass is 32.2. The number of nitrogens with zero attached hydrogens (tertiary/aromatic N) is 2. The lowest BCUT2D eigenvalue weighted by Crippen LogP contribution is -2.30. The molecule has 0 radical (unpaired) electrons. The van der Waals surface area contributed by atoms with Gasteiger partial charge in [-0.15, -0.1) is 0 Å². The number of benzene rings is 3. The third kappa shape index (κ3) is 5.98. The predicted molar refractivity (Wildman–Crippen MR) is 140 cm³/mol. The molecule has 1 fully saturated rings. The van der Waals surface area contributed by atoms with Crippen molar-refractivity contribution in [2.24, 2.45) is 0 Å². The number of thioether (sulfide) groups is 1. The fraction of sp³-hybridized carbons (Fsp3) is 0.160. The average molecular weight is 523 g/mol. The summed E-state index contributed by atoms with van der Waals surface area (Å²) in [7, 11) is 1.41. The molecule has 0 unspecified atom stereocenters. The molecule has 3 aromatic rings. The Morgan fingerprint density at radius 1 is 1.00 bits per heavy atom. The second-order valence-electron chi connectivity index (χ2n) is 7.85. The molecule has 0 saturated carbocycles. The van der Waals surface area contributed by atoms with Crippen LogP contribution < -0.4 is 20.1 Å². The number of non-ortho nitro benzene ring substituents is 1. The molecule has 1 aliphatic rings. The first-order valence-corrected chi connectivity index (χ1v) is 12.0. The molecule has 4 rings (SSSR count). The van der Waals surface area contributed by atoms with Crippen molar-refractivity contribution in [3.63, 3.8) is 0 Å². The van der Waals surface area contributed by atoms with Crippen molar-refractivity contribution in [3.8, 4) is 17.2 Å². The summed E-state index contributed by atoms with van der Waals surface area (Å²) in [5, 5.41) is 28.5. The topological polar surface area (TPSA) is 146 Å². The number of carbonyl (C=O) groups excluding carboxylic acids is 1. The van der Waals surface area contributed by atoms with Crippen molar-refractivity contribution in [2.75, 3.05) is 12.4 Å². The van der Waals surface area contributed by atoms with Gasteiger partial charge in [0.25, 0.3) is 11.6 Å². The van der Waals surface area contributed by atoms with E-state index in [9.17, 15) is 25.0 Å². The quantitative estimate of drug-likeness (QED) is 0.212. The van der Waals surface area contributed by atoms with Gasteiger partial charge in [-0.1, -0.05) is 36.9 Å². The number of amides is 1. The van der Waals surface area contributed by atoms with Gasteiger partial charge >= 0.3 is 5.69 Å². The molecule has 11 nitrogen and oxygen atoms in total. The third-order valence-corrected chi connectivity index (χ3v) is 6.47. The molecular formula is C25H22N4O7S. The molecule has 1 saturated heterocycles. The van der Waals surface area contributed by atoms with E-state index in [0.29, 0.717) is 10.5 Å². The van der Waals surface area contributed by atoms with Gasteiger partial charge in [0, 0.05) is 11.8 Å². The highest BCUT2D eigenvalue weighted by Gasteiger charge is 2.27. The Morgan fingerprint density at radius 2 is 1.73 bits per heavy atom. The Bertz CT molecular complexity index is 1390. The lowest BCUT2D eigenvalue weighted by Gasteiger charge is -2.13. The van der Waals surface area contributed by atoms with E-state index in [4.69, 9.17) is 9.47 Å². The van der Waals surface area contributed by atoms with Gasteiger partial charge in [0.05, 0.1) is 27.9 Å². The van der Waals surface area contributed by atoms with E-state index in [0.717, 1.165) is 30.3 Å². The maximum Gasteiger partial charge on any atom is 0.318 e. The highest BCUT2D eigenvalue weighted by molar-refractivity contribution is 8.05. The van der Waals surface area contributed by atoms with Crippen molar-refractivity contribution in [1.82, 2.24) is 5.32 Å². The average Bonchev–Trinajstić information content (AvgIpc) is 3.23. The number of anilines is 1. The van der Waals surface area contributed by atoms with Gasteiger partial charge < -0.3 is 20.1 Å². The van der Waals surface area contributed by atoms with Crippen LogP contribution in [0.15, 0.2) is 65.6 Å². The normalized spacial score (nSPS) is 15.8. The van der Waals surface area contributed by atoms with Crippen LogP contribution in [-0.2, 0) is 11.2 Å². The maximum absolute atomic E-state index is 12.5. The zero-order valence-electron chi connectivity index (χ0n) is 19.8. The molecule has 0 bridgehead atoms. The minimum atomic E-state index is -0.758. The molecule has 37 heavy (non-hydrogen) atoms. The fourth-order valence-electron chi connectivity index (χ4n) is 3.53. The number of ether oxygens (including phenoxy) is 2. The van der Waals surface area contributed by atoms with Crippen molar-refractivity contribution in [1.29, 1.82) is 0 Å². The Hall–Kier alpha value is -4.58. The van der Waals surface area contributed by atoms with E-state index in [-0.39, 0.29) is 28.7 Å². The summed E-state index contributed by atoms with van der Waals surface area (Å²) < 4.78 is 11.0. The lowest BCUT2D eigenvalue weighted by molar-refractivity contribution is -0.394. The van der Waals surface area contributed by atoms with Crippen LogP contribution in [0.3, 0.4) is 0 Å². The van der Waals surface area contributed by atoms with Crippen molar-refractivity contribution in [3.05, 3.63) is 96.9 Å². The molecule has 0 aliphatic carbocycles. The van der Waals surface area contributed by atoms with Gasteiger partial charge in [-0.25, -0.2) is 0 Å². The van der Waals surface area contributed by atoms with Crippen LogP contribution in [0.2, 0.25) is 0 Å². The first kappa shape index (κ1) is 25.5. The smallest absolute Gasteiger partial charge is 0.318 e. The van der Waals surface area contributed by atoms with E-state index < -0.39 is 21.2 Å². The Kier molecular flexibility index (Phi) is 7.58. The summed E-state index contributed by atoms with van der Waals surface area (Å²) in [6, 6.07) is 15.9. The van der Waals surface area contributed by atoms with Crippen molar-refractivity contribution in [2.45, 2.75) is 18.8 Å². The fourth-order valence-corrected chi connectivity index (χ4v) is 4.51. The van der Waals surface area contributed by atoms with E-state index in [1.54, 1.807) is 24.3 Å². The lowest BCUT2D eigenvalue weighted by atomic mass is 10.1. The number of hydrogen-bond donors (Lipinski definition) is 2. The van der Waals surface area contributed by atoms with Crippen LogP contribution in [0, 0.1) is 20.2 Å². The zero-order chi connectivity index (χ0) is 26.5.